The van der Waals surface area contributed by atoms with Crippen LogP contribution in [0.15, 0.2) is 18.7 Å². The fourth-order valence-electron chi connectivity index (χ4n) is 2.33. The zero-order valence-electron chi connectivity index (χ0n) is 10.3. The van der Waals surface area contributed by atoms with Gasteiger partial charge in [-0.05, 0) is 19.3 Å². The topological polar surface area (TPSA) is 84.3 Å². The van der Waals surface area contributed by atoms with Crippen LogP contribution in [-0.4, -0.2) is 38.8 Å². The van der Waals surface area contributed by atoms with Gasteiger partial charge in [0.2, 0.25) is 11.8 Å². The summed E-state index contributed by atoms with van der Waals surface area (Å²) >= 11 is 0. The lowest BCUT2D eigenvalue weighted by atomic mass is 10.0. The van der Waals surface area contributed by atoms with Crippen LogP contribution < -0.4 is 5.32 Å². The number of aromatic nitrogens is 2. The van der Waals surface area contributed by atoms with Crippen molar-refractivity contribution in [2.45, 2.75) is 25.8 Å². The summed E-state index contributed by atoms with van der Waals surface area (Å²) in [6.07, 6.45) is 6.91. The second-order valence-corrected chi connectivity index (χ2v) is 4.95. The van der Waals surface area contributed by atoms with Gasteiger partial charge in [-0.25, -0.2) is 9.78 Å². The van der Waals surface area contributed by atoms with Crippen LogP contribution in [0.25, 0.3) is 0 Å². The molecule has 4 amide bonds. The van der Waals surface area contributed by atoms with E-state index in [-0.39, 0.29) is 5.91 Å². The Labute approximate surface area is 109 Å². The molecule has 0 aromatic carbocycles. The van der Waals surface area contributed by atoms with Gasteiger partial charge in [-0.2, -0.15) is 0 Å². The summed E-state index contributed by atoms with van der Waals surface area (Å²) in [5.41, 5.74) is -0.942. The number of rotatable bonds is 4. The molecule has 2 aliphatic rings. The van der Waals surface area contributed by atoms with Crippen molar-refractivity contribution < 1.29 is 14.4 Å². The zero-order chi connectivity index (χ0) is 13.5. The maximum Gasteiger partial charge on any atom is 0.330 e. The van der Waals surface area contributed by atoms with Gasteiger partial charge in [0, 0.05) is 25.5 Å². The predicted octanol–water partition coefficient (Wildman–Crippen LogP) is 0.132. The van der Waals surface area contributed by atoms with Crippen LogP contribution in [0.2, 0.25) is 0 Å². The van der Waals surface area contributed by atoms with Crippen molar-refractivity contribution in [1.82, 2.24) is 19.8 Å². The summed E-state index contributed by atoms with van der Waals surface area (Å²) in [7, 11) is 0. The molecule has 3 rings (SSSR count). The predicted molar refractivity (Wildman–Crippen MR) is 63.8 cm³/mol. The molecular formula is C12H14N4O3. The van der Waals surface area contributed by atoms with E-state index in [1.807, 2.05) is 10.8 Å². The summed E-state index contributed by atoms with van der Waals surface area (Å²) in [6.45, 7) is 0.996. The van der Waals surface area contributed by atoms with Crippen molar-refractivity contribution in [2.75, 3.05) is 6.54 Å². The van der Waals surface area contributed by atoms with Crippen LogP contribution in [0.3, 0.4) is 0 Å². The van der Waals surface area contributed by atoms with Gasteiger partial charge < -0.3 is 4.57 Å². The quantitative estimate of drug-likeness (QED) is 0.782. The van der Waals surface area contributed by atoms with Crippen LogP contribution in [0, 0.1) is 5.41 Å². The number of nitrogens with one attached hydrogen (secondary N) is 1. The molecule has 1 saturated heterocycles. The van der Waals surface area contributed by atoms with Crippen molar-refractivity contribution in [3.05, 3.63) is 18.7 Å². The fraction of sp³-hybridized carbons (Fsp3) is 0.500. The first-order valence-corrected chi connectivity index (χ1v) is 6.27. The number of urea groups is 1. The molecule has 1 N–H and O–H groups in total. The second kappa shape index (κ2) is 4.18. The molecule has 19 heavy (non-hydrogen) atoms. The first-order chi connectivity index (χ1) is 9.13. The van der Waals surface area contributed by atoms with Crippen molar-refractivity contribution >= 4 is 17.8 Å². The Morgan fingerprint density at radius 1 is 1.26 bits per heavy atom. The van der Waals surface area contributed by atoms with E-state index >= 15 is 0 Å². The molecule has 2 fully saturated rings. The van der Waals surface area contributed by atoms with E-state index in [0.717, 1.165) is 4.90 Å². The highest BCUT2D eigenvalue weighted by Crippen LogP contribution is 2.48. The van der Waals surface area contributed by atoms with Gasteiger partial charge in [-0.15, -0.1) is 0 Å². The Balaban J connectivity index is 1.62. The number of hydrogen-bond acceptors (Lipinski definition) is 4. The maximum absolute atomic E-state index is 12.1. The second-order valence-electron chi connectivity index (χ2n) is 4.95. The Hall–Kier alpha value is -2.18. The highest BCUT2D eigenvalue weighted by Gasteiger charge is 2.61. The number of amides is 4. The Bertz CT molecular complexity index is 533. The Morgan fingerprint density at radius 2 is 2.05 bits per heavy atom. The monoisotopic (exact) mass is 262 g/mol. The van der Waals surface area contributed by atoms with Crippen LogP contribution in [0.4, 0.5) is 4.79 Å². The van der Waals surface area contributed by atoms with E-state index in [0.29, 0.717) is 32.4 Å². The lowest BCUT2D eigenvalue weighted by Gasteiger charge is -2.30. The molecule has 1 aliphatic carbocycles. The number of imidazole rings is 1. The molecular weight excluding hydrogens is 248 g/mol. The Morgan fingerprint density at radius 3 is 2.68 bits per heavy atom. The minimum Gasteiger partial charge on any atom is -0.337 e. The molecule has 0 radical (unpaired) electrons. The normalized spacial score (nSPS) is 20.8. The molecule has 1 aromatic rings. The van der Waals surface area contributed by atoms with Gasteiger partial charge >= 0.3 is 6.03 Å². The van der Waals surface area contributed by atoms with Crippen LogP contribution in [0.5, 0.6) is 0 Å². The number of imide groups is 2. The van der Waals surface area contributed by atoms with Gasteiger partial charge in [0.1, 0.15) is 5.41 Å². The third kappa shape index (κ3) is 1.91. The number of carbonyl (C=O) groups is 3. The van der Waals surface area contributed by atoms with Crippen LogP contribution >= 0.6 is 0 Å². The van der Waals surface area contributed by atoms with Crippen molar-refractivity contribution in [3.63, 3.8) is 0 Å². The molecule has 100 valence electrons. The number of barbiturate groups is 1. The first kappa shape index (κ1) is 11.9. The molecule has 1 spiro atoms. The number of nitrogens with zero attached hydrogens (tertiary/aromatic N) is 3. The minimum atomic E-state index is -0.942. The molecule has 0 atom stereocenters. The summed E-state index contributed by atoms with van der Waals surface area (Å²) < 4.78 is 1.88. The molecule has 1 saturated carbocycles. The van der Waals surface area contributed by atoms with E-state index in [9.17, 15) is 14.4 Å². The lowest BCUT2D eigenvalue weighted by Crippen LogP contribution is -2.59. The SMILES string of the molecule is O=C1NC(=O)C2(CC2)C(=O)N1CCCn1ccnc1. The number of carbonyl (C=O) groups excluding carboxylic acids is 3. The largest absolute Gasteiger partial charge is 0.337 e. The van der Waals surface area contributed by atoms with Crippen LogP contribution in [-0.2, 0) is 16.1 Å². The summed E-state index contributed by atoms with van der Waals surface area (Å²) in [4.78, 5) is 40.5. The van der Waals surface area contributed by atoms with E-state index < -0.39 is 17.4 Å². The minimum absolute atomic E-state index is 0.317. The van der Waals surface area contributed by atoms with Gasteiger partial charge in [0.05, 0.1) is 6.33 Å². The van der Waals surface area contributed by atoms with Gasteiger partial charge in [-0.3, -0.25) is 19.8 Å². The van der Waals surface area contributed by atoms with E-state index in [1.54, 1.807) is 12.5 Å². The van der Waals surface area contributed by atoms with E-state index in [1.165, 1.54) is 0 Å². The average Bonchev–Trinajstić information content (AvgIpc) is 3.03. The van der Waals surface area contributed by atoms with Crippen molar-refractivity contribution in [2.24, 2.45) is 5.41 Å². The zero-order valence-corrected chi connectivity index (χ0v) is 10.3. The van der Waals surface area contributed by atoms with Crippen LogP contribution in [0.1, 0.15) is 19.3 Å². The van der Waals surface area contributed by atoms with Gasteiger partial charge in [-0.1, -0.05) is 0 Å². The fourth-order valence-corrected chi connectivity index (χ4v) is 2.33. The summed E-state index contributed by atoms with van der Waals surface area (Å²) in [6, 6.07) is -0.599. The summed E-state index contributed by atoms with van der Waals surface area (Å²) in [5.74, 6) is -0.778. The molecule has 1 aromatic heterocycles. The van der Waals surface area contributed by atoms with Gasteiger partial charge in [0.15, 0.2) is 0 Å². The number of aryl methyl sites for hydroxylation is 1. The van der Waals surface area contributed by atoms with Gasteiger partial charge in [0.25, 0.3) is 0 Å². The standard InChI is InChI=1S/C12H14N4O3/c17-9-12(2-3-12)10(18)16(11(19)14-9)6-1-5-15-7-4-13-8-15/h4,7-8H,1-3,5-6H2,(H,14,17,19). The van der Waals surface area contributed by atoms with Crippen molar-refractivity contribution in [3.8, 4) is 0 Å². The van der Waals surface area contributed by atoms with Crippen molar-refractivity contribution in [1.29, 1.82) is 0 Å². The third-order valence-corrected chi connectivity index (χ3v) is 3.66. The summed E-state index contributed by atoms with van der Waals surface area (Å²) in [5, 5.41) is 2.26. The molecule has 7 heteroatoms. The third-order valence-electron chi connectivity index (χ3n) is 3.66. The molecule has 0 bridgehead atoms. The molecule has 2 heterocycles. The van der Waals surface area contributed by atoms with E-state index in [4.69, 9.17) is 0 Å². The first-order valence-electron chi connectivity index (χ1n) is 6.27. The highest BCUT2D eigenvalue weighted by atomic mass is 16.2. The maximum atomic E-state index is 12.1. The van der Waals surface area contributed by atoms with E-state index in [2.05, 4.69) is 10.3 Å². The average molecular weight is 262 g/mol. The molecule has 7 nitrogen and oxygen atoms in total. The highest BCUT2D eigenvalue weighted by molar-refractivity contribution is 6.20. The smallest absolute Gasteiger partial charge is 0.330 e. The molecule has 0 unspecified atom stereocenters. The Kier molecular flexibility index (Phi) is 2.62. The number of hydrogen-bond donors (Lipinski definition) is 1. The molecule has 1 aliphatic heterocycles. The lowest BCUT2D eigenvalue weighted by molar-refractivity contribution is -0.144.